The van der Waals surface area contributed by atoms with Crippen LogP contribution in [-0.2, 0) is 4.79 Å². The van der Waals surface area contributed by atoms with Crippen LogP contribution in [0.5, 0.6) is 17.2 Å². The van der Waals surface area contributed by atoms with Crippen molar-refractivity contribution >= 4 is 23.6 Å². The molecule has 0 aromatic heterocycles. The van der Waals surface area contributed by atoms with E-state index in [1.165, 1.54) is 30.3 Å². The van der Waals surface area contributed by atoms with E-state index in [2.05, 4.69) is 5.32 Å². The molecule has 0 bridgehead atoms. The maximum Gasteiger partial charge on any atom is 0.337 e. The van der Waals surface area contributed by atoms with Crippen molar-refractivity contribution in [2.45, 2.75) is 0 Å². The number of hydrogen-bond donors (Lipinski definition) is 5. The Labute approximate surface area is 130 Å². The first-order valence-electron chi connectivity index (χ1n) is 6.44. The zero-order valence-corrected chi connectivity index (χ0v) is 11.7. The molecule has 0 heterocycles. The molecule has 23 heavy (non-hydrogen) atoms. The summed E-state index contributed by atoms with van der Waals surface area (Å²) in [5, 5.41) is 39.5. The SMILES string of the molecule is O=C(/C=C/c1ccc(O)cc1O)Nc1cc(O)ccc1C(=O)O. The Morgan fingerprint density at radius 2 is 1.61 bits per heavy atom. The van der Waals surface area contributed by atoms with E-state index in [-0.39, 0.29) is 28.5 Å². The number of anilines is 1. The van der Waals surface area contributed by atoms with Gasteiger partial charge in [-0.1, -0.05) is 0 Å². The van der Waals surface area contributed by atoms with E-state index >= 15 is 0 Å². The van der Waals surface area contributed by atoms with Crippen LogP contribution in [0.3, 0.4) is 0 Å². The molecule has 0 unspecified atom stereocenters. The number of carbonyl (C=O) groups is 2. The van der Waals surface area contributed by atoms with Gasteiger partial charge < -0.3 is 25.7 Å². The van der Waals surface area contributed by atoms with Crippen LogP contribution in [0.2, 0.25) is 0 Å². The third-order valence-corrected chi connectivity index (χ3v) is 2.92. The van der Waals surface area contributed by atoms with Gasteiger partial charge in [0.05, 0.1) is 11.3 Å². The maximum absolute atomic E-state index is 11.8. The number of carboxylic acid groups (broad SMARTS) is 1. The quantitative estimate of drug-likeness (QED) is 0.550. The highest BCUT2D eigenvalue weighted by Crippen LogP contribution is 2.24. The van der Waals surface area contributed by atoms with Crippen LogP contribution in [0.4, 0.5) is 5.69 Å². The van der Waals surface area contributed by atoms with Crippen molar-refractivity contribution in [1.82, 2.24) is 0 Å². The summed E-state index contributed by atoms with van der Waals surface area (Å²) >= 11 is 0. The van der Waals surface area contributed by atoms with Crippen LogP contribution in [0, 0.1) is 0 Å². The number of phenols is 3. The summed E-state index contributed by atoms with van der Waals surface area (Å²) in [5.74, 6) is -2.41. The van der Waals surface area contributed by atoms with E-state index in [1.54, 1.807) is 0 Å². The van der Waals surface area contributed by atoms with Gasteiger partial charge in [0.25, 0.3) is 0 Å². The Bertz CT molecular complexity index is 797. The zero-order valence-electron chi connectivity index (χ0n) is 11.7. The minimum atomic E-state index is -1.25. The number of phenolic OH excluding ortho intramolecular Hbond substituents is 3. The molecule has 0 atom stereocenters. The Balaban J connectivity index is 2.18. The molecule has 0 radical (unpaired) electrons. The summed E-state index contributed by atoms with van der Waals surface area (Å²) in [4.78, 5) is 22.9. The van der Waals surface area contributed by atoms with Crippen LogP contribution < -0.4 is 5.32 Å². The predicted molar refractivity (Wildman–Crippen MR) is 82.5 cm³/mol. The molecule has 5 N–H and O–H groups in total. The second-order valence-corrected chi connectivity index (χ2v) is 4.60. The molecule has 0 aliphatic carbocycles. The molecule has 0 spiro atoms. The first kappa shape index (κ1) is 15.9. The highest BCUT2D eigenvalue weighted by Gasteiger charge is 2.12. The summed E-state index contributed by atoms with van der Waals surface area (Å²) in [7, 11) is 0. The number of carbonyl (C=O) groups excluding carboxylic acids is 1. The lowest BCUT2D eigenvalue weighted by Gasteiger charge is -2.07. The topological polar surface area (TPSA) is 127 Å². The van der Waals surface area contributed by atoms with Crippen molar-refractivity contribution in [2.75, 3.05) is 5.32 Å². The summed E-state index contributed by atoms with van der Waals surface area (Å²) in [6.07, 6.45) is 2.38. The Morgan fingerprint density at radius 3 is 2.26 bits per heavy atom. The number of amides is 1. The van der Waals surface area contributed by atoms with E-state index in [9.17, 15) is 24.9 Å². The van der Waals surface area contributed by atoms with Gasteiger partial charge in [-0.3, -0.25) is 4.79 Å². The lowest BCUT2D eigenvalue weighted by molar-refractivity contribution is -0.111. The minimum Gasteiger partial charge on any atom is -0.508 e. The van der Waals surface area contributed by atoms with E-state index in [1.807, 2.05) is 0 Å². The number of carboxylic acids is 1. The van der Waals surface area contributed by atoms with E-state index in [4.69, 9.17) is 5.11 Å². The summed E-state index contributed by atoms with van der Waals surface area (Å²) in [6.45, 7) is 0. The van der Waals surface area contributed by atoms with Gasteiger partial charge in [-0.05, 0) is 30.3 Å². The molecule has 0 fully saturated rings. The predicted octanol–water partition coefficient (Wildman–Crippen LogP) is 2.15. The van der Waals surface area contributed by atoms with Gasteiger partial charge in [-0.25, -0.2) is 4.79 Å². The van der Waals surface area contributed by atoms with Crippen LogP contribution in [0.1, 0.15) is 15.9 Å². The number of aromatic hydroxyl groups is 3. The van der Waals surface area contributed by atoms with Crippen LogP contribution in [0.25, 0.3) is 6.08 Å². The molecule has 0 aliphatic heterocycles. The Morgan fingerprint density at radius 1 is 0.957 bits per heavy atom. The van der Waals surface area contributed by atoms with Crippen molar-refractivity contribution < 1.29 is 30.0 Å². The largest absolute Gasteiger partial charge is 0.508 e. The van der Waals surface area contributed by atoms with Gasteiger partial charge in [0.15, 0.2) is 0 Å². The molecule has 7 heteroatoms. The number of hydrogen-bond acceptors (Lipinski definition) is 5. The first-order chi connectivity index (χ1) is 10.9. The van der Waals surface area contributed by atoms with Crippen molar-refractivity contribution in [3.05, 3.63) is 53.6 Å². The fourth-order valence-electron chi connectivity index (χ4n) is 1.84. The minimum absolute atomic E-state index is 0.0536. The standard InChI is InChI=1S/C16H13NO6/c18-10-4-5-12(16(22)23)13(7-10)17-15(21)6-2-9-1-3-11(19)8-14(9)20/h1-8,18-20H,(H,17,21)(H,22,23)/b6-2+. The van der Waals surface area contributed by atoms with Crippen molar-refractivity contribution in [2.24, 2.45) is 0 Å². The van der Waals surface area contributed by atoms with Gasteiger partial charge in [-0.15, -0.1) is 0 Å². The molecule has 2 rings (SSSR count). The van der Waals surface area contributed by atoms with E-state index in [0.717, 1.165) is 18.2 Å². The number of aromatic carboxylic acids is 1. The maximum atomic E-state index is 11.8. The molecule has 1 amide bonds. The fraction of sp³-hybridized carbons (Fsp3) is 0. The number of benzene rings is 2. The van der Waals surface area contributed by atoms with E-state index in [0.29, 0.717) is 5.56 Å². The van der Waals surface area contributed by atoms with Gasteiger partial charge >= 0.3 is 5.97 Å². The molecule has 0 saturated heterocycles. The summed E-state index contributed by atoms with van der Waals surface area (Å²) in [6, 6.07) is 7.36. The van der Waals surface area contributed by atoms with Crippen LogP contribution >= 0.6 is 0 Å². The zero-order chi connectivity index (χ0) is 17.0. The molecule has 7 nitrogen and oxygen atoms in total. The summed E-state index contributed by atoms with van der Waals surface area (Å²) < 4.78 is 0. The Kier molecular flexibility index (Phi) is 4.51. The summed E-state index contributed by atoms with van der Waals surface area (Å²) in [5.41, 5.74) is 0.0754. The van der Waals surface area contributed by atoms with E-state index < -0.39 is 11.9 Å². The highest BCUT2D eigenvalue weighted by atomic mass is 16.4. The number of rotatable bonds is 4. The molecule has 2 aromatic carbocycles. The van der Waals surface area contributed by atoms with Gasteiger partial charge in [0, 0.05) is 23.8 Å². The second kappa shape index (κ2) is 6.52. The molecule has 118 valence electrons. The van der Waals surface area contributed by atoms with Crippen molar-refractivity contribution in [3.8, 4) is 17.2 Å². The molecular weight excluding hydrogens is 302 g/mol. The monoisotopic (exact) mass is 315 g/mol. The molecule has 0 aliphatic rings. The second-order valence-electron chi connectivity index (χ2n) is 4.60. The van der Waals surface area contributed by atoms with Crippen LogP contribution in [-0.4, -0.2) is 32.3 Å². The van der Waals surface area contributed by atoms with Crippen molar-refractivity contribution in [3.63, 3.8) is 0 Å². The fourth-order valence-corrected chi connectivity index (χ4v) is 1.84. The van der Waals surface area contributed by atoms with Gasteiger partial charge in [0.2, 0.25) is 5.91 Å². The lowest BCUT2D eigenvalue weighted by Crippen LogP contribution is -2.11. The van der Waals surface area contributed by atoms with Gasteiger partial charge in [0.1, 0.15) is 17.2 Å². The van der Waals surface area contributed by atoms with Crippen molar-refractivity contribution in [1.29, 1.82) is 0 Å². The third-order valence-electron chi connectivity index (χ3n) is 2.92. The molecular formula is C16H13NO6. The number of nitrogens with one attached hydrogen (secondary N) is 1. The van der Waals surface area contributed by atoms with Crippen LogP contribution in [0.15, 0.2) is 42.5 Å². The lowest BCUT2D eigenvalue weighted by atomic mass is 10.1. The average Bonchev–Trinajstić information content (AvgIpc) is 2.46. The molecule has 0 saturated carbocycles. The smallest absolute Gasteiger partial charge is 0.337 e. The average molecular weight is 315 g/mol. The molecule has 2 aromatic rings. The normalized spacial score (nSPS) is 10.6. The first-order valence-corrected chi connectivity index (χ1v) is 6.44. The van der Waals surface area contributed by atoms with Gasteiger partial charge in [-0.2, -0.15) is 0 Å². The third kappa shape index (κ3) is 4.01. The highest BCUT2D eigenvalue weighted by molar-refractivity contribution is 6.06. The Hall–Kier alpha value is -3.48.